The Morgan fingerprint density at radius 2 is 1.86 bits per heavy atom. The van der Waals surface area contributed by atoms with Crippen LogP contribution in [0.25, 0.3) is 0 Å². The summed E-state index contributed by atoms with van der Waals surface area (Å²) in [5.41, 5.74) is 2.52. The van der Waals surface area contributed by atoms with E-state index >= 15 is 0 Å². The van der Waals surface area contributed by atoms with Gasteiger partial charge in [0.2, 0.25) is 11.8 Å². The van der Waals surface area contributed by atoms with Gasteiger partial charge in [0.25, 0.3) is 0 Å². The van der Waals surface area contributed by atoms with Crippen molar-refractivity contribution in [1.82, 2.24) is 9.97 Å². The lowest BCUT2D eigenvalue weighted by Crippen LogP contribution is -2.28. The molecular formula is C22H20N4O2S. The molecule has 6 nitrogen and oxygen atoms in total. The predicted molar refractivity (Wildman–Crippen MR) is 113 cm³/mol. The van der Waals surface area contributed by atoms with Crippen molar-refractivity contribution in [3.63, 3.8) is 0 Å². The fourth-order valence-corrected chi connectivity index (χ4v) is 4.07. The molecule has 2 amide bonds. The molecule has 0 aliphatic carbocycles. The van der Waals surface area contributed by atoms with Gasteiger partial charge in [-0.05, 0) is 60.6 Å². The average molecular weight is 404 g/mol. The van der Waals surface area contributed by atoms with Gasteiger partial charge in [-0.1, -0.05) is 18.2 Å². The SMILES string of the molecule is Cc1cc(Sc2ncccn2)ccc1NC(=O)C1CC(=O)N(c2ccccc2)C1. The van der Waals surface area contributed by atoms with E-state index in [-0.39, 0.29) is 24.2 Å². The zero-order valence-electron chi connectivity index (χ0n) is 15.9. The van der Waals surface area contributed by atoms with Crippen LogP contribution < -0.4 is 10.2 Å². The number of aryl methyl sites for hydroxylation is 1. The Balaban J connectivity index is 1.41. The van der Waals surface area contributed by atoms with Crippen molar-refractivity contribution in [1.29, 1.82) is 0 Å². The van der Waals surface area contributed by atoms with Crippen molar-refractivity contribution in [2.24, 2.45) is 5.92 Å². The molecule has 146 valence electrons. The minimum absolute atomic E-state index is 0.0253. The summed E-state index contributed by atoms with van der Waals surface area (Å²) in [6, 6.07) is 17.0. The Kier molecular flexibility index (Phi) is 5.57. The Morgan fingerprint density at radius 1 is 1.10 bits per heavy atom. The molecule has 1 aliphatic heterocycles. The van der Waals surface area contributed by atoms with Crippen LogP contribution in [-0.4, -0.2) is 28.3 Å². The molecule has 1 N–H and O–H groups in total. The largest absolute Gasteiger partial charge is 0.326 e. The Labute approximate surface area is 173 Å². The summed E-state index contributed by atoms with van der Waals surface area (Å²) in [4.78, 5) is 36.2. The molecule has 2 aromatic carbocycles. The third kappa shape index (κ3) is 4.46. The summed E-state index contributed by atoms with van der Waals surface area (Å²) in [6.45, 7) is 2.34. The van der Waals surface area contributed by atoms with Gasteiger partial charge in [0, 0.05) is 41.6 Å². The monoisotopic (exact) mass is 404 g/mol. The number of amides is 2. The van der Waals surface area contributed by atoms with E-state index in [0.29, 0.717) is 11.7 Å². The molecule has 1 aromatic heterocycles. The third-order valence-corrected chi connectivity index (χ3v) is 5.65. The summed E-state index contributed by atoms with van der Waals surface area (Å²) in [6.07, 6.45) is 3.63. The molecule has 1 fully saturated rings. The average Bonchev–Trinajstić information content (AvgIpc) is 3.13. The zero-order chi connectivity index (χ0) is 20.2. The second-order valence-corrected chi connectivity index (χ2v) is 7.88. The molecule has 1 unspecified atom stereocenters. The van der Waals surface area contributed by atoms with Crippen molar-refractivity contribution in [3.05, 3.63) is 72.6 Å². The number of carbonyl (C=O) groups is 2. The highest BCUT2D eigenvalue weighted by molar-refractivity contribution is 7.99. The maximum atomic E-state index is 12.8. The zero-order valence-corrected chi connectivity index (χ0v) is 16.7. The highest BCUT2D eigenvalue weighted by Gasteiger charge is 2.35. The second-order valence-electron chi connectivity index (χ2n) is 6.84. The number of nitrogens with one attached hydrogen (secondary N) is 1. The van der Waals surface area contributed by atoms with E-state index in [4.69, 9.17) is 0 Å². The third-order valence-electron chi connectivity index (χ3n) is 4.77. The van der Waals surface area contributed by atoms with E-state index in [1.54, 1.807) is 23.4 Å². The minimum atomic E-state index is -0.367. The van der Waals surface area contributed by atoms with Crippen molar-refractivity contribution >= 4 is 35.0 Å². The van der Waals surface area contributed by atoms with Crippen LogP contribution in [0.5, 0.6) is 0 Å². The molecule has 29 heavy (non-hydrogen) atoms. The fraction of sp³-hybridized carbons (Fsp3) is 0.182. The number of benzene rings is 2. The molecule has 7 heteroatoms. The molecule has 3 aromatic rings. The lowest BCUT2D eigenvalue weighted by molar-refractivity contribution is -0.122. The minimum Gasteiger partial charge on any atom is -0.326 e. The Morgan fingerprint density at radius 3 is 2.59 bits per heavy atom. The second kappa shape index (κ2) is 8.45. The quantitative estimate of drug-likeness (QED) is 0.652. The molecule has 2 heterocycles. The molecular weight excluding hydrogens is 384 g/mol. The summed E-state index contributed by atoms with van der Waals surface area (Å²) in [5, 5.41) is 3.65. The fourth-order valence-electron chi connectivity index (χ4n) is 3.26. The number of carbonyl (C=O) groups excluding carboxylic acids is 2. The summed E-state index contributed by atoms with van der Waals surface area (Å²) < 4.78 is 0. The molecule has 1 aliphatic rings. The number of aromatic nitrogens is 2. The maximum absolute atomic E-state index is 12.8. The molecule has 0 saturated carbocycles. The number of rotatable bonds is 5. The highest BCUT2D eigenvalue weighted by Crippen LogP contribution is 2.29. The molecule has 0 spiro atoms. The maximum Gasteiger partial charge on any atom is 0.229 e. The van der Waals surface area contributed by atoms with Gasteiger partial charge in [0.05, 0.1) is 5.92 Å². The van der Waals surface area contributed by atoms with Crippen LogP contribution in [0.15, 0.2) is 77.0 Å². The molecule has 0 radical (unpaired) electrons. The van der Waals surface area contributed by atoms with Gasteiger partial charge in [0.1, 0.15) is 0 Å². The summed E-state index contributed by atoms with van der Waals surface area (Å²) in [5.74, 6) is -0.525. The van der Waals surface area contributed by atoms with E-state index in [2.05, 4.69) is 15.3 Å². The van der Waals surface area contributed by atoms with Gasteiger partial charge < -0.3 is 10.2 Å². The molecule has 0 bridgehead atoms. The topological polar surface area (TPSA) is 75.2 Å². The first-order valence-corrected chi connectivity index (χ1v) is 10.1. The molecule has 1 saturated heterocycles. The smallest absolute Gasteiger partial charge is 0.229 e. The number of nitrogens with zero attached hydrogens (tertiary/aromatic N) is 3. The first-order valence-electron chi connectivity index (χ1n) is 9.32. The number of para-hydroxylation sites is 1. The lowest BCUT2D eigenvalue weighted by atomic mass is 10.1. The first-order chi connectivity index (χ1) is 14.1. The number of hydrogen-bond donors (Lipinski definition) is 1. The van der Waals surface area contributed by atoms with Crippen LogP contribution in [0.2, 0.25) is 0 Å². The standard InChI is InChI=1S/C22H20N4O2S/c1-15-12-18(29-22-23-10-5-11-24-22)8-9-19(15)25-21(28)16-13-20(27)26(14-16)17-6-3-2-4-7-17/h2-12,16H,13-14H2,1H3,(H,25,28). The number of hydrogen-bond acceptors (Lipinski definition) is 5. The van der Waals surface area contributed by atoms with Gasteiger partial charge in [-0.15, -0.1) is 0 Å². The van der Waals surface area contributed by atoms with Crippen molar-refractivity contribution in [2.45, 2.75) is 23.4 Å². The van der Waals surface area contributed by atoms with Crippen LogP contribution in [0.4, 0.5) is 11.4 Å². The van der Waals surface area contributed by atoms with Crippen molar-refractivity contribution in [3.8, 4) is 0 Å². The van der Waals surface area contributed by atoms with Crippen LogP contribution in [-0.2, 0) is 9.59 Å². The van der Waals surface area contributed by atoms with Crippen LogP contribution in [0.1, 0.15) is 12.0 Å². The van der Waals surface area contributed by atoms with Crippen molar-refractivity contribution in [2.75, 3.05) is 16.8 Å². The summed E-state index contributed by atoms with van der Waals surface area (Å²) >= 11 is 1.47. The van der Waals surface area contributed by atoms with Gasteiger partial charge in [-0.25, -0.2) is 9.97 Å². The van der Waals surface area contributed by atoms with E-state index in [0.717, 1.165) is 21.8 Å². The summed E-state index contributed by atoms with van der Waals surface area (Å²) in [7, 11) is 0. The lowest BCUT2D eigenvalue weighted by Gasteiger charge is -2.17. The molecule has 1 atom stereocenters. The van der Waals surface area contributed by atoms with Crippen LogP contribution in [0.3, 0.4) is 0 Å². The van der Waals surface area contributed by atoms with Crippen LogP contribution in [0, 0.1) is 12.8 Å². The van der Waals surface area contributed by atoms with E-state index in [1.165, 1.54) is 11.8 Å². The Bertz CT molecular complexity index is 1030. The van der Waals surface area contributed by atoms with Gasteiger partial charge in [-0.3, -0.25) is 9.59 Å². The van der Waals surface area contributed by atoms with Gasteiger partial charge in [0.15, 0.2) is 5.16 Å². The predicted octanol–water partition coefficient (Wildman–Crippen LogP) is 3.93. The van der Waals surface area contributed by atoms with Crippen LogP contribution >= 0.6 is 11.8 Å². The van der Waals surface area contributed by atoms with Crippen molar-refractivity contribution < 1.29 is 9.59 Å². The number of anilines is 2. The van der Waals surface area contributed by atoms with Gasteiger partial charge in [-0.2, -0.15) is 0 Å². The first kappa shape index (κ1) is 19.1. The van der Waals surface area contributed by atoms with Gasteiger partial charge >= 0.3 is 0 Å². The Hall–Kier alpha value is -3.19. The molecule has 4 rings (SSSR count). The van der Waals surface area contributed by atoms with E-state index in [1.807, 2.05) is 55.5 Å². The normalized spacial score (nSPS) is 16.1. The van der Waals surface area contributed by atoms with E-state index in [9.17, 15) is 9.59 Å². The highest BCUT2D eigenvalue weighted by atomic mass is 32.2. The van der Waals surface area contributed by atoms with E-state index < -0.39 is 0 Å².